The average molecular weight is 344 g/mol. The van der Waals surface area contributed by atoms with E-state index in [4.69, 9.17) is 9.72 Å². The zero-order valence-electron chi connectivity index (χ0n) is 14.7. The fourth-order valence-corrected chi connectivity index (χ4v) is 7.54. The molecule has 5 rings (SSSR count). The van der Waals surface area contributed by atoms with Gasteiger partial charge in [0.2, 0.25) is 0 Å². The van der Waals surface area contributed by atoms with Crippen molar-refractivity contribution in [1.82, 2.24) is 4.98 Å². The third-order valence-corrected chi connectivity index (χ3v) is 9.16. The predicted molar refractivity (Wildman–Crippen MR) is 105 cm³/mol. The number of nitrogens with zero attached hydrogens (tertiary/aromatic N) is 1. The van der Waals surface area contributed by atoms with Crippen LogP contribution >= 0.6 is 0 Å². The Morgan fingerprint density at radius 2 is 1.72 bits per heavy atom. The molecule has 1 aromatic heterocycles. The Hall–Kier alpha value is -2.39. The molecule has 2 heterocycles. The average Bonchev–Trinajstić information content (AvgIpc) is 3.09. The van der Waals surface area contributed by atoms with Gasteiger partial charge in [0.25, 0.3) is 0 Å². The molecule has 0 bridgehead atoms. The van der Waals surface area contributed by atoms with Crippen molar-refractivity contribution in [2.24, 2.45) is 0 Å². The molecular formula is C22H21NOSi. The highest BCUT2D eigenvalue weighted by Crippen LogP contribution is 2.33. The van der Waals surface area contributed by atoms with Crippen molar-refractivity contribution in [3.63, 3.8) is 0 Å². The maximum Gasteiger partial charge on any atom is 0.127 e. The topological polar surface area (TPSA) is 22.1 Å². The minimum atomic E-state index is -1.85. The lowest BCUT2D eigenvalue weighted by Crippen LogP contribution is -2.56. The molecule has 0 saturated heterocycles. The van der Waals surface area contributed by atoms with Crippen LogP contribution in [0.2, 0.25) is 13.1 Å². The summed E-state index contributed by atoms with van der Waals surface area (Å²) in [6.07, 6.45) is 3.51. The van der Waals surface area contributed by atoms with Gasteiger partial charge in [-0.05, 0) is 53.4 Å². The number of pyridine rings is 1. The molecule has 0 saturated carbocycles. The monoisotopic (exact) mass is 343 g/mol. The van der Waals surface area contributed by atoms with Gasteiger partial charge in [0.05, 0.1) is 5.69 Å². The van der Waals surface area contributed by atoms with E-state index in [0.29, 0.717) is 0 Å². The Morgan fingerprint density at radius 3 is 2.64 bits per heavy atom. The first-order valence-electron chi connectivity index (χ1n) is 9.04. The van der Waals surface area contributed by atoms with Crippen LogP contribution in [0.4, 0.5) is 0 Å². The molecule has 2 aromatic carbocycles. The Morgan fingerprint density at radius 1 is 0.880 bits per heavy atom. The molecule has 0 unspecified atom stereocenters. The standard InChI is InChI=1S/C22H21NOSi/c1-25(2)21-12-4-3-10-19(21)24-20-11-6-8-16(22(20)25)18-14-13-15-7-5-9-17(15)23-18/h3-4,6,8,10-14H,5,7,9H2,1-2H3. The molecule has 0 radical (unpaired) electrons. The lowest BCUT2D eigenvalue weighted by Gasteiger charge is -2.34. The van der Waals surface area contributed by atoms with Gasteiger partial charge in [-0.25, -0.2) is 0 Å². The fraction of sp³-hybridized carbons (Fsp3) is 0.227. The molecule has 3 aromatic rings. The van der Waals surface area contributed by atoms with E-state index < -0.39 is 8.07 Å². The van der Waals surface area contributed by atoms with Crippen LogP contribution in [0.5, 0.6) is 11.5 Å². The molecule has 3 heteroatoms. The molecule has 25 heavy (non-hydrogen) atoms. The van der Waals surface area contributed by atoms with E-state index >= 15 is 0 Å². The number of ether oxygens (including phenoxy) is 1. The van der Waals surface area contributed by atoms with Gasteiger partial charge in [-0.3, -0.25) is 4.98 Å². The van der Waals surface area contributed by atoms with E-state index in [1.54, 1.807) is 0 Å². The van der Waals surface area contributed by atoms with E-state index in [0.717, 1.165) is 23.6 Å². The Balaban J connectivity index is 1.73. The number of hydrogen-bond acceptors (Lipinski definition) is 2. The third-order valence-electron chi connectivity index (χ3n) is 5.64. The van der Waals surface area contributed by atoms with Crippen LogP contribution in [0.3, 0.4) is 0 Å². The largest absolute Gasteiger partial charge is 0.458 e. The second-order valence-corrected chi connectivity index (χ2v) is 11.8. The first-order chi connectivity index (χ1) is 12.1. The van der Waals surface area contributed by atoms with E-state index in [9.17, 15) is 0 Å². The molecule has 0 spiro atoms. The summed E-state index contributed by atoms with van der Waals surface area (Å²) in [4.78, 5) is 5.02. The zero-order valence-corrected chi connectivity index (χ0v) is 15.7. The van der Waals surface area contributed by atoms with Gasteiger partial charge in [0.1, 0.15) is 19.6 Å². The highest BCUT2D eigenvalue weighted by atomic mass is 28.3. The summed E-state index contributed by atoms with van der Waals surface area (Å²) in [6.45, 7) is 4.84. The molecule has 0 amide bonds. The Labute approximate surface area is 149 Å². The van der Waals surface area contributed by atoms with Crippen LogP contribution in [-0.4, -0.2) is 13.1 Å². The maximum absolute atomic E-state index is 6.27. The van der Waals surface area contributed by atoms with Gasteiger partial charge >= 0.3 is 0 Å². The van der Waals surface area contributed by atoms with Crippen molar-refractivity contribution in [3.8, 4) is 22.8 Å². The zero-order chi connectivity index (χ0) is 17.0. The van der Waals surface area contributed by atoms with Gasteiger partial charge < -0.3 is 4.74 Å². The normalized spacial score (nSPS) is 16.6. The second-order valence-electron chi connectivity index (χ2n) is 7.56. The van der Waals surface area contributed by atoms with Crippen molar-refractivity contribution in [2.75, 3.05) is 0 Å². The Kier molecular flexibility index (Phi) is 3.16. The number of rotatable bonds is 1. The van der Waals surface area contributed by atoms with Crippen LogP contribution in [0, 0.1) is 0 Å². The van der Waals surface area contributed by atoms with E-state index in [2.05, 4.69) is 67.7 Å². The summed E-state index contributed by atoms with van der Waals surface area (Å²) < 4.78 is 6.27. The lowest BCUT2D eigenvalue weighted by molar-refractivity contribution is 0.487. The van der Waals surface area contributed by atoms with Crippen molar-refractivity contribution in [1.29, 1.82) is 0 Å². The smallest absolute Gasteiger partial charge is 0.127 e. The summed E-state index contributed by atoms with van der Waals surface area (Å²) in [7, 11) is -1.85. The lowest BCUT2D eigenvalue weighted by atomic mass is 10.1. The molecule has 0 atom stereocenters. The highest BCUT2D eigenvalue weighted by Gasteiger charge is 2.38. The first kappa shape index (κ1) is 14.9. The molecule has 0 N–H and O–H groups in total. The van der Waals surface area contributed by atoms with Gasteiger partial charge in [0, 0.05) is 11.3 Å². The van der Waals surface area contributed by atoms with Crippen molar-refractivity contribution in [2.45, 2.75) is 32.4 Å². The highest BCUT2D eigenvalue weighted by molar-refractivity contribution is 7.02. The maximum atomic E-state index is 6.27. The number of fused-ring (bicyclic) bond motifs is 3. The van der Waals surface area contributed by atoms with Crippen LogP contribution in [0.1, 0.15) is 17.7 Å². The number of aryl methyl sites for hydroxylation is 2. The van der Waals surface area contributed by atoms with E-state index in [1.165, 1.54) is 40.0 Å². The molecule has 124 valence electrons. The van der Waals surface area contributed by atoms with Crippen LogP contribution in [0.15, 0.2) is 54.6 Å². The van der Waals surface area contributed by atoms with Gasteiger partial charge in [-0.15, -0.1) is 0 Å². The molecule has 1 aliphatic heterocycles. The summed E-state index contributed by atoms with van der Waals surface area (Å²) in [6, 6.07) is 19.4. The van der Waals surface area contributed by atoms with Crippen molar-refractivity contribution in [3.05, 3.63) is 65.9 Å². The number of para-hydroxylation sites is 1. The second kappa shape index (κ2) is 5.30. The van der Waals surface area contributed by atoms with Crippen LogP contribution < -0.4 is 15.1 Å². The van der Waals surface area contributed by atoms with Crippen LogP contribution in [0.25, 0.3) is 11.3 Å². The molecule has 0 fully saturated rings. The van der Waals surface area contributed by atoms with Gasteiger partial charge in [-0.1, -0.05) is 49.5 Å². The van der Waals surface area contributed by atoms with Gasteiger partial charge in [0.15, 0.2) is 0 Å². The summed E-state index contributed by atoms with van der Waals surface area (Å²) in [5, 5.41) is 2.75. The third kappa shape index (κ3) is 2.19. The van der Waals surface area contributed by atoms with E-state index in [1.807, 2.05) is 0 Å². The molecule has 1 aliphatic carbocycles. The van der Waals surface area contributed by atoms with Crippen molar-refractivity contribution >= 4 is 18.4 Å². The van der Waals surface area contributed by atoms with Gasteiger partial charge in [-0.2, -0.15) is 0 Å². The summed E-state index contributed by atoms with van der Waals surface area (Å²) in [5.41, 5.74) is 5.05. The minimum absolute atomic E-state index is 1.01. The molecule has 2 aliphatic rings. The first-order valence-corrected chi connectivity index (χ1v) is 12.0. The minimum Gasteiger partial charge on any atom is -0.458 e. The van der Waals surface area contributed by atoms with Crippen LogP contribution in [-0.2, 0) is 12.8 Å². The number of aromatic nitrogens is 1. The molecular weight excluding hydrogens is 322 g/mol. The Bertz CT molecular complexity index is 993. The number of hydrogen-bond donors (Lipinski definition) is 0. The summed E-state index contributed by atoms with van der Waals surface area (Å²) >= 11 is 0. The van der Waals surface area contributed by atoms with Crippen molar-refractivity contribution < 1.29 is 4.74 Å². The fourth-order valence-electron chi connectivity index (χ4n) is 4.37. The summed E-state index contributed by atoms with van der Waals surface area (Å²) in [5.74, 6) is 2.03. The van der Waals surface area contributed by atoms with E-state index in [-0.39, 0.29) is 0 Å². The molecule has 2 nitrogen and oxygen atoms in total. The SMILES string of the molecule is C[Si]1(C)c2ccccc2Oc2cccc(-c3ccc4c(n3)CCC4)c21. The quantitative estimate of drug-likeness (QED) is 0.619. The number of benzene rings is 2. The predicted octanol–water partition coefficient (Wildman–Crippen LogP) is 4.17.